The van der Waals surface area contributed by atoms with E-state index in [0.29, 0.717) is 19.4 Å². The minimum atomic E-state index is -1.34. The molecule has 0 radical (unpaired) electrons. The summed E-state index contributed by atoms with van der Waals surface area (Å²) in [4.78, 5) is 10.9. The third-order valence-electron chi connectivity index (χ3n) is 3.13. The molecule has 0 saturated carbocycles. The van der Waals surface area contributed by atoms with Crippen LogP contribution in [-0.4, -0.2) is 52.5 Å². The lowest BCUT2D eigenvalue weighted by molar-refractivity contribution is -0.140. The number of carbonyl (C=O) groups is 1. The minimum Gasteiger partial charge on any atom is -0.480 e. The van der Waals surface area contributed by atoms with Gasteiger partial charge in [-0.05, 0) is 24.6 Å². The maximum atomic E-state index is 10.9. The van der Waals surface area contributed by atoms with Crippen molar-refractivity contribution >= 4 is 13.1 Å². The summed E-state index contributed by atoms with van der Waals surface area (Å²) < 4.78 is 0. The lowest BCUT2D eigenvalue weighted by Crippen LogP contribution is -2.36. The Balaban J connectivity index is 2.46. The van der Waals surface area contributed by atoms with Gasteiger partial charge >= 0.3 is 13.1 Å². The van der Waals surface area contributed by atoms with E-state index in [0.717, 1.165) is 0 Å². The number of hydrogen-bond acceptors (Lipinski definition) is 5. The molecule has 0 aromatic rings. The van der Waals surface area contributed by atoms with E-state index >= 15 is 0 Å². The molecule has 5 N–H and O–H groups in total. The van der Waals surface area contributed by atoms with Gasteiger partial charge in [0.1, 0.15) is 6.04 Å². The average Bonchev–Trinajstić information content (AvgIpc) is 2.60. The molecule has 0 spiro atoms. The second kappa shape index (κ2) is 6.19. The second-order valence-corrected chi connectivity index (χ2v) is 4.24. The molecule has 0 aromatic carbocycles. The molecule has 3 atom stereocenters. The summed E-state index contributed by atoms with van der Waals surface area (Å²) in [6, 6.07) is -0.631. The number of aliphatic carboxylic acids is 1. The molecule has 0 aliphatic carbocycles. The van der Waals surface area contributed by atoms with Crippen LogP contribution in [0.5, 0.6) is 0 Å². The van der Waals surface area contributed by atoms with Gasteiger partial charge in [-0.2, -0.15) is 0 Å². The molecule has 1 aliphatic rings. The fourth-order valence-electron chi connectivity index (χ4n) is 2.26. The number of nitrogens with one attached hydrogen (secondary N) is 1. The summed E-state index contributed by atoms with van der Waals surface area (Å²) in [6.45, 7) is 0.461. The fraction of sp³-hybridized carbons (Fsp3) is 0.889. The van der Waals surface area contributed by atoms with Crippen molar-refractivity contribution in [3.05, 3.63) is 0 Å². The van der Waals surface area contributed by atoms with Crippen LogP contribution < -0.4 is 5.32 Å². The van der Waals surface area contributed by atoms with Crippen LogP contribution in [0.4, 0.5) is 0 Å². The minimum absolute atomic E-state index is 0.0386. The van der Waals surface area contributed by atoms with Gasteiger partial charge in [0.2, 0.25) is 0 Å². The Labute approximate surface area is 94.4 Å². The first-order chi connectivity index (χ1) is 7.56. The molecule has 92 valence electrons. The second-order valence-electron chi connectivity index (χ2n) is 4.24. The first kappa shape index (κ1) is 13.4. The Morgan fingerprint density at radius 3 is 2.62 bits per heavy atom. The van der Waals surface area contributed by atoms with E-state index < -0.39 is 19.1 Å². The van der Waals surface area contributed by atoms with E-state index in [1.165, 1.54) is 0 Å². The number of carboxylic acids is 1. The van der Waals surface area contributed by atoms with Crippen LogP contribution in [0, 0.1) is 11.8 Å². The molecular weight excluding hydrogens is 213 g/mol. The number of hydrogen-bond donors (Lipinski definition) is 5. The SMILES string of the molecule is O=C(O)C1NCC(CO)C1CCCB(O)O. The molecule has 1 saturated heterocycles. The van der Waals surface area contributed by atoms with Crippen LogP contribution >= 0.6 is 0 Å². The highest BCUT2D eigenvalue weighted by Crippen LogP contribution is 2.27. The zero-order valence-electron chi connectivity index (χ0n) is 9.04. The summed E-state index contributed by atoms with van der Waals surface area (Å²) >= 11 is 0. The Bertz CT molecular complexity index is 238. The number of rotatable bonds is 6. The van der Waals surface area contributed by atoms with Crippen molar-refractivity contribution < 1.29 is 25.1 Å². The molecule has 1 heterocycles. The van der Waals surface area contributed by atoms with E-state index in [-0.39, 0.29) is 24.8 Å². The molecule has 0 bridgehead atoms. The van der Waals surface area contributed by atoms with Gasteiger partial charge in [-0.1, -0.05) is 6.42 Å². The van der Waals surface area contributed by atoms with Crippen molar-refractivity contribution in [2.75, 3.05) is 13.2 Å². The van der Waals surface area contributed by atoms with Crippen LogP contribution in [0.1, 0.15) is 12.8 Å². The summed E-state index contributed by atoms with van der Waals surface area (Å²) in [7, 11) is -1.34. The molecule has 6 nitrogen and oxygen atoms in total. The summed E-state index contributed by atoms with van der Waals surface area (Å²) in [6.07, 6.45) is 1.36. The predicted octanol–water partition coefficient (Wildman–Crippen LogP) is -1.48. The molecule has 1 fully saturated rings. The van der Waals surface area contributed by atoms with E-state index in [2.05, 4.69) is 5.32 Å². The summed E-state index contributed by atoms with van der Waals surface area (Å²) in [5.41, 5.74) is 0. The molecule has 0 amide bonds. The normalized spacial score (nSPS) is 29.3. The van der Waals surface area contributed by atoms with Gasteiger partial charge in [0, 0.05) is 13.2 Å². The van der Waals surface area contributed by atoms with Crippen molar-refractivity contribution in [3.8, 4) is 0 Å². The quantitative estimate of drug-likeness (QED) is 0.356. The molecular formula is C9H18BNO5. The fourth-order valence-corrected chi connectivity index (χ4v) is 2.26. The molecule has 7 heteroatoms. The third kappa shape index (κ3) is 3.45. The van der Waals surface area contributed by atoms with Crippen LogP contribution in [0.3, 0.4) is 0 Å². The maximum absolute atomic E-state index is 10.9. The zero-order valence-corrected chi connectivity index (χ0v) is 9.04. The van der Waals surface area contributed by atoms with Gasteiger partial charge in [-0.15, -0.1) is 0 Å². The van der Waals surface area contributed by atoms with Gasteiger partial charge in [0.25, 0.3) is 0 Å². The number of aliphatic hydroxyl groups is 1. The van der Waals surface area contributed by atoms with Crippen LogP contribution in [-0.2, 0) is 4.79 Å². The highest BCUT2D eigenvalue weighted by Gasteiger charge is 2.39. The molecule has 16 heavy (non-hydrogen) atoms. The van der Waals surface area contributed by atoms with E-state index in [1.807, 2.05) is 0 Å². The Hall–Kier alpha value is -0.625. The molecule has 3 unspecified atom stereocenters. The van der Waals surface area contributed by atoms with E-state index in [1.54, 1.807) is 0 Å². The van der Waals surface area contributed by atoms with Crippen LogP contribution in [0.2, 0.25) is 6.32 Å². The molecule has 1 rings (SSSR count). The van der Waals surface area contributed by atoms with Crippen molar-refractivity contribution in [2.45, 2.75) is 25.2 Å². The van der Waals surface area contributed by atoms with Crippen molar-refractivity contribution in [2.24, 2.45) is 11.8 Å². The van der Waals surface area contributed by atoms with Crippen molar-refractivity contribution in [3.63, 3.8) is 0 Å². The van der Waals surface area contributed by atoms with Crippen LogP contribution in [0.15, 0.2) is 0 Å². The molecule has 1 aliphatic heterocycles. The summed E-state index contributed by atoms with van der Waals surface area (Å²) in [5.74, 6) is -1.11. The number of aliphatic hydroxyl groups excluding tert-OH is 1. The molecule has 0 aromatic heterocycles. The predicted molar refractivity (Wildman–Crippen MR) is 57.7 cm³/mol. The third-order valence-corrected chi connectivity index (χ3v) is 3.13. The Morgan fingerprint density at radius 2 is 2.12 bits per heavy atom. The van der Waals surface area contributed by atoms with Gasteiger partial charge in [-0.3, -0.25) is 4.79 Å². The topological polar surface area (TPSA) is 110 Å². The highest BCUT2D eigenvalue weighted by molar-refractivity contribution is 6.40. The van der Waals surface area contributed by atoms with Crippen molar-refractivity contribution in [1.82, 2.24) is 5.32 Å². The first-order valence-corrected chi connectivity index (χ1v) is 5.49. The van der Waals surface area contributed by atoms with Crippen molar-refractivity contribution in [1.29, 1.82) is 0 Å². The Morgan fingerprint density at radius 1 is 1.44 bits per heavy atom. The van der Waals surface area contributed by atoms with Gasteiger partial charge in [0.15, 0.2) is 0 Å². The van der Waals surface area contributed by atoms with E-state index in [4.69, 9.17) is 20.3 Å². The van der Waals surface area contributed by atoms with Crippen LogP contribution in [0.25, 0.3) is 0 Å². The van der Waals surface area contributed by atoms with Gasteiger partial charge in [-0.25, -0.2) is 0 Å². The van der Waals surface area contributed by atoms with Gasteiger partial charge in [0.05, 0.1) is 0 Å². The largest absolute Gasteiger partial charge is 0.480 e. The standard InChI is InChI=1S/C9H18BNO5/c12-5-6-4-11-8(9(13)14)7(6)2-1-3-10(15)16/h6-8,11-12,15-16H,1-5H2,(H,13,14). The first-order valence-electron chi connectivity index (χ1n) is 5.49. The average molecular weight is 231 g/mol. The lowest BCUT2D eigenvalue weighted by Gasteiger charge is -2.20. The summed E-state index contributed by atoms with van der Waals surface area (Å²) in [5, 5.41) is 38.3. The number of carboxylic acid groups (broad SMARTS) is 1. The highest BCUT2D eigenvalue weighted by atomic mass is 16.4. The monoisotopic (exact) mass is 231 g/mol. The lowest BCUT2D eigenvalue weighted by atomic mass is 9.79. The smallest absolute Gasteiger partial charge is 0.451 e. The van der Waals surface area contributed by atoms with E-state index in [9.17, 15) is 4.79 Å². The maximum Gasteiger partial charge on any atom is 0.451 e. The van der Waals surface area contributed by atoms with Gasteiger partial charge < -0.3 is 25.6 Å². The Kier molecular flexibility index (Phi) is 5.20. The zero-order chi connectivity index (χ0) is 12.1.